The van der Waals surface area contributed by atoms with Gasteiger partial charge < -0.3 is 10.0 Å². The summed E-state index contributed by atoms with van der Waals surface area (Å²) in [5.74, 6) is -1.23. The minimum absolute atomic E-state index is 0.207. The van der Waals surface area contributed by atoms with E-state index in [0.717, 1.165) is 5.56 Å². The Bertz CT molecular complexity index is 669. The number of hydrogen-bond donors (Lipinski definition) is 1. The number of hydrogen-bond acceptors (Lipinski definition) is 4. The van der Waals surface area contributed by atoms with Crippen LogP contribution >= 0.6 is 0 Å². The largest absolute Gasteiger partial charge is 0.394 e. The molecule has 0 unspecified atom stereocenters. The van der Waals surface area contributed by atoms with E-state index < -0.39 is 17.2 Å². The van der Waals surface area contributed by atoms with Gasteiger partial charge in [-0.15, -0.1) is 0 Å². The quantitative estimate of drug-likeness (QED) is 0.655. The third-order valence-corrected chi connectivity index (χ3v) is 3.66. The van der Waals surface area contributed by atoms with Crippen molar-refractivity contribution >= 4 is 11.7 Å². The second-order valence-corrected chi connectivity index (χ2v) is 5.92. The Morgan fingerprint density at radius 1 is 1.13 bits per heavy atom. The summed E-state index contributed by atoms with van der Waals surface area (Å²) >= 11 is 0. The lowest BCUT2D eigenvalue weighted by atomic mass is 10.0. The van der Waals surface area contributed by atoms with Crippen molar-refractivity contribution in [2.24, 2.45) is 0 Å². The first-order valence-electron chi connectivity index (χ1n) is 7.37. The number of nitrogens with zero attached hydrogens (tertiary/aromatic N) is 2. The maximum absolute atomic E-state index is 12.7. The Balaban J connectivity index is 2.30. The number of pyridine rings is 1. The molecule has 2 rings (SSSR count). The maximum atomic E-state index is 12.7. The molecule has 120 valence electrons. The van der Waals surface area contributed by atoms with E-state index >= 15 is 0 Å². The zero-order valence-corrected chi connectivity index (χ0v) is 13.3. The number of Topliss-reactive ketones (excluding diaryl/α,β-unsaturated/α-hetero) is 1. The number of benzene rings is 1. The summed E-state index contributed by atoms with van der Waals surface area (Å²) in [5.41, 5.74) is 0.267. The predicted octanol–water partition coefficient (Wildman–Crippen LogP) is 2.06. The summed E-state index contributed by atoms with van der Waals surface area (Å²) in [5, 5.41) is 9.62. The molecule has 0 atom stereocenters. The number of aliphatic hydroxyl groups is 1. The first-order valence-corrected chi connectivity index (χ1v) is 7.37. The van der Waals surface area contributed by atoms with E-state index in [2.05, 4.69) is 4.98 Å². The van der Waals surface area contributed by atoms with E-state index in [1.165, 1.54) is 4.90 Å². The number of ketones is 1. The van der Waals surface area contributed by atoms with Gasteiger partial charge in [-0.05, 0) is 25.5 Å². The molecule has 1 N–H and O–H groups in total. The van der Waals surface area contributed by atoms with Gasteiger partial charge in [0.2, 0.25) is 5.78 Å². The highest BCUT2D eigenvalue weighted by Gasteiger charge is 2.34. The van der Waals surface area contributed by atoms with Gasteiger partial charge in [0.1, 0.15) is 0 Å². The van der Waals surface area contributed by atoms with Crippen molar-refractivity contribution in [2.45, 2.75) is 25.9 Å². The molecule has 0 aliphatic rings. The number of carbonyl (C=O) groups is 2. The van der Waals surface area contributed by atoms with Crippen molar-refractivity contribution in [3.63, 3.8) is 0 Å². The standard InChI is InChI=1S/C18H20N2O3/c1-18(2,13-21)20(12-14-7-6-10-19-11-14)17(23)16(22)15-8-4-3-5-9-15/h3-11,21H,12-13H2,1-2H3. The van der Waals surface area contributed by atoms with E-state index in [4.69, 9.17) is 0 Å². The molecule has 1 amide bonds. The molecule has 1 aromatic heterocycles. The van der Waals surface area contributed by atoms with Crippen LogP contribution in [0.5, 0.6) is 0 Å². The summed E-state index contributed by atoms with van der Waals surface area (Å²) < 4.78 is 0. The van der Waals surface area contributed by atoms with Crippen molar-refractivity contribution in [1.82, 2.24) is 9.88 Å². The second-order valence-electron chi connectivity index (χ2n) is 5.92. The molecule has 1 aromatic carbocycles. The minimum atomic E-state index is -0.864. The van der Waals surface area contributed by atoms with Gasteiger partial charge in [-0.1, -0.05) is 36.4 Å². The number of aromatic nitrogens is 1. The van der Waals surface area contributed by atoms with Crippen LogP contribution in [0.15, 0.2) is 54.9 Å². The molecular weight excluding hydrogens is 292 g/mol. The molecule has 2 aromatic rings. The van der Waals surface area contributed by atoms with Gasteiger partial charge in [-0.25, -0.2) is 0 Å². The van der Waals surface area contributed by atoms with Gasteiger partial charge >= 0.3 is 0 Å². The SMILES string of the molecule is CC(C)(CO)N(Cc1cccnc1)C(=O)C(=O)c1ccccc1. The van der Waals surface area contributed by atoms with Crippen LogP contribution in [0.1, 0.15) is 29.8 Å². The number of rotatable bonds is 6. The van der Waals surface area contributed by atoms with Gasteiger partial charge in [-0.3, -0.25) is 14.6 Å². The van der Waals surface area contributed by atoms with Crippen LogP contribution < -0.4 is 0 Å². The van der Waals surface area contributed by atoms with Gasteiger partial charge in [0.05, 0.1) is 12.1 Å². The van der Waals surface area contributed by atoms with E-state index in [1.807, 2.05) is 6.07 Å². The monoisotopic (exact) mass is 312 g/mol. The average molecular weight is 312 g/mol. The molecule has 0 saturated heterocycles. The van der Waals surface area contributed by atoms with Crippen molar-refractivity contribution in [3.05, 3.63) is 66.0 Å². The smallest absolute Gasteiger partial charge is 0.295 e. The van der Waals surface area contributed by atoms with E-state index in [9.17, 15) is 14.7 Å². The van der Waals surface area contributed by atoms with Crippen LogP contribution in [0.2, 0.25) is 0 Å². The summed E-state index contributed by atoms with van der Waals surface area (Å²) in [6.45, 7) is 3.40. The predicted molar refractivity (Wildman–Crippen MR) is 86.7 cm³/mol. The summed E-state index contributed by atoms with van der Waals surface area (Å²) in [7, 11) is 0. The average Bonchev–Trinajstić information content (AvgIpc) is 2.60. The number of aliphatic hydroxyl groups excluding tert-OH is 1. The van der Waals surface area contributed by atoms with Crippen LogP contribution in [-0.4, -0.2) is 38.8 Å². The molecule has 0 spiro atoms. The van der Waals surface area contributed by atoms with Gasteiger partial charge in [-0.2, -0.15) is 0 Å². The molecule has 5 heteroatoms. The molecule has 0 saturated carbocycles. The lowest BCUT2D eigenvalue weighted by Gasteiger charge is -2.36. The molecule has 5 nitrogen and oxygen atoms in total. The van der Waals surface area contributed by atoms with Crippen molar-refractivity contribution in [1.29, 1.82) is 0 Å². The molecular formula is C18H20N2O3. The topological polar surface area (TPSA) is 70.5 Å². The summed E-state index contributed by atoms with van der Waals surface area (Å²) in [6, 6.07) is 12.0. The summed E-state index contributed by atoms with van der Waals surface area (Å²) in [6.07, 6.45) is 3.28. The molecule has 0 aliphatic carbocycles. The zero-order chi connectivity index (χ0) is 16.9. The zero-order valence-electron chi connectivity index (χ0n) is 13.3. The number of amides is 1. The lowest BCUT2D eigenvalue weighted by molar-refractivity contribution is -0.134. The van der Waals surface area contributed by atoms with E-state index in [1.54, 1.807) is 62.6 Å². The van der Waals surface area contributed by atoms with Gasteiger partial charge in [0.15, 0.2) is 0 Å². The number of carbonyl (C=O) groups excluding carboxylic acids is 2. The van der Waals surface area contributed by atoms with E-state index in [0.29, 0.717) is 5.56 Å². The maximum Gasteiger partial charge on any atom is 0.295 e. The van der Waals surface area contributed by atoms with Crippen LogP contribution in [0, 0.1) is 0 Å². The normalized spacial score (nSPS) is 11.1. The fraction of sp³-hybridized carbons (Fsp3) is 0.278. The Morgan fingerprint density at radius 2 is 1.83 bits per heavy atom. The first-order chi connectivity index (χ1) is 11.0. The minimum Gasteiger partial charge on any atom is -0.394 e. The molecule has 1 heterocycles. The fourth-order valence-corrected chi connectivity index (χ4v) is 2.16. The Kier molecular flexibility index (Phi) is 5.24. The van der Waals surface area contributed by atoms with Crippen LogP contribution in [0.3, 0.4) is 0 Å². The highest BCUT2D eigenvalue weighted by atomic mass is 16.3. The third-order valence-electron chi connectivity index (χ3n) is 3.66. The van der Waals surface area contributed by atoms with Crippen LogP contribution in [0.25, 0.3) is 0 Å². The van der Waals surface area contributed by atoms with Crippen molar-refractivity contribution in [2.75, 3.05) is 6.61 Å². The van der Waals surface area contributed by atoms with Gasteiger partial charge in [0, 0.05) is 24.5 Å². The third kappa shape index (κ3) is 4.02. The second kappa shape index (κ2) is 7.15. The summed E-state index contributed by atoms with van der Waals surface area (Å²) in [4.78, 5) is 30.6. The Morgan fingerprint density at radius 3 is 2.39 bits per heavy atom. The molecule has 0 bridgehead atoms. The molecule has 0 radical (unpaired) electrons. The van der Waals surface area contributed by atoms with Crippen LogP contribution in [-0.2, 0) is 11.3 Å². The van der Waals surface area contributed by atoms with Gasteiger partial charge in [0.25, 0.3) is 5.91 Å². The van der Waals surface area contributed by atoms with Crippen LogP contribution in [0.4, 0.5) is 0 Å². The fourth-order valence-electron chi connectivity index (χ4n) is 2.16. The van der Waals surface area contributed by atoms with Crippen molar-refractivity contribution < 1.29 is 14.7 Å². The Labute approximate surface area is 135 Å². The molecule has 0 aliphatic heterocycles. The first kappa shape index (κ1) is 16.8. The molecule has 0 fully saturated rings. The lowest BCUT2D eigenvalue weighted by Crippen LogP contribution is -2.52. The van der Waals surface area contributed by atoms with Crippen molar-refractivity contribution in [3.8, 4) is 0 Å². The highest BCUT2D eigenvalue weighted by molar-refractivity contribution is 6.42. The van der Waals surface area contributed by atoms with E-state index in [-0.39, 0.29) is 13.2 Å². The molecule has 23 heavy (non-hydrogen) atoms. The Hall–Kier alpha value is -2.53. The highest BCUT2D eigenvalue weighted by Crippen LogP contribution is 2.19.